The SMILES string of the molecule is COCC(C)NC(=O)NCC(C)C(=O)O. The molecular formula is C9H18N2O4. The molecule has 15 heavy (non-hydrogen) atoms. The van der Waals surface area contributed by atoms with Crippen molar-refractivity contribution < 1.29 is 19.4 Å². The maximum Gasteiger partial charge on any atom is 0.315 e. The van der Waals surface area contributed by atoms with Crippen LogP contribution in [0.2, 0.25) is 0 Å². The van der Waals surface area contributed by atoms with E-state index in [-0.39, 0.29) is 18.6 Å². The molecule has 6 heteroatoms. The van der Waals surface area contributed by atoms with E-state index in [1.54, 1.807) is 14.0 Å². The van der Waals surface area contributed by atoms with Crippen molar-refractivity contribution in [3.63, 3.8) is 0 Å². The van der Waals surface area contributed by atoms with Crippen LogP contribution in [0.4, 0.5) is 4.79 Å². The zero-order chi connectivity index (χ0) is 11.8. The van der Waals surface area contributed by atoms with E-state index in [1.165, 1.54) is 6.92 Å². The molecule has 2 atom stereocenters. The number of nitrogens with one attached hydrogen (secondary N) is 2. The summed E-state index contributed by atoms with van der Waals surface area (Å²) in [5.74, 6) is -1.52. The van der Waals surface area contributed by atoms with Crippen molar-refractivity contribution in [3.05, 3.63) is 0 Å². The lowest BCUT2D eigenvalue weighted by Gasteiger charge is -2.14. The lowest BCUT2D eigenvalue weighted by atomic mass is 10.2. The summed E-state index contributed by atoms with van der Waals surface area (Å²) in [6, 6.07) is -0.484. The smallest absolute Gasteiger partial charge is 0.315 e. The molecular weight excluding hydrogens is 200 g/mol. The number of carbonyl (C=O) groups excluding carboxylic acids is 1. The molecule has 88 valence electrons. The fourth-order valence-corrected chi connectivity index (χ4v) is 0.900. The number of hydrogen-bond acceptors (Lipinski definition) is 3. The van der Waals surface area contributed by atoms with Crippen molar-refractivity contribution in [3.8, 4) is 0 Å². The number of amides is 2. The van der Waals surface area contributed by atoms with E-state index in [9.17, 15) is 9.59 Å². The Morgan fingerprint density at radius 1 is 1.40 bits per heavy atom. The zero-order valence-corrected chi connectivity index (χ0v) is 9.24. The molecule has 3 N–H and O–H groups in total. The van der Waals surface area contributed by atoms with Crippen LogP contribution in [0.15, 0.2) is 0 Å². The predicted molar refractivity (Wildman–Crippen MR) is 54.7 cm³/mol. The summed E-state index contributed by atoms with van der Waals surface area (Å²) in [7, 11) is 1.54. The minimum absolute atomic E-state index is 0.102. The van der Waals surface area contributed by atoms with Crippen LogP contribution < -0.4 is 10.6 Å². The number of hydrogen-bond donors (Lipinski definition) is 3. The van der Waals surface area contributed by atoms with Gasteiger partial charge in [-0.15, -0.1) is 0 Å². The molecule has 0 aliphatic carbocycles. The number of aliphatic carboxylic acids is 1. The van der Waals surface area contributed by atoms with E-state index >= 15 is 0 Å². The van der Waals surface area contributed by atoms with Gasteiger partial charge in [-0.2, -0.15) is 0 Å². The topological polar surface area (TPSA) is 87.7 Å². The fourth-order valence-electron chi connectivity index (χ4n) is 0.900. The molecule has 0 aliphatic heterocycles. The molecule has 0 aromatic rings. The van der Waals surface area contributed by atoms with Gasteiger partial charge in [0.05, 0.1) is 18.6 Å². The highest BCUT2D eigenvalue weighted by atomic mass is 16.5. The third-order valence-corrected chi connectivity index (χ3v) is 1.78. The molecule has 0 fully saturated rings. The van der Waals surface area contributed by atoms with Crippen molar-refractivity contribution >= 4 is 12.0 Å². The maximum absolute atomic E-state index is 11.2. The summed E-state index contributed by atoms with van der Waals surface area (Å²) >= 11 is 0. The van der Waals surface area contributed by atoms with Crippen LogP contribution in [-0.4, -0.2) is 43.4 Å². The van der Waals surface area contributed by atoms with E-state index in [1.807, 2.05) is 0 Å². The van der Waals surface area contributed by atoms with Gasteiger partial charge in [-0.3, -0.25) is 4.79 Å². The highest BCUT2D eigenvalue weighted by molar-refractivity contribution is 5.75. The number of ether oxygens (including phenoxy) is 1. The summed E-state index contributed by atoms with van der Waals surface area (Å²) in [5, 5.41) is 13.6. The lowest BCUT2D eigenvalue weighted by Crippen LogP contribution is -2.44. The molecule has 0 radical (unpaired) electrons. The van der Waals surface area contributed by atoms with E-state index in [2.05, 4.69) is 10.6 Å². The van der Waals surface area contributed by atoms with Gasteiger partial charge >= 0.3 is 12.0 Å². The van der Waals surface area contributed by atoms with Gasteiger partial charge < -0.3 is 20.5 Å². The molecule has 0 bridgehead atoms. The summed E-state index contributed by atoms with van der Waals surface area (Å²) < 4.78 is 4.83. The van der Waals surface area contributed by atoms with Gasteiger partial charge in [-0.1, -0.05) is 6.92 Å². The van der Waals surface area contributed by atoms with Crippen molar-refractivity contribution in [1.29, 1.82) is 0 Å². The summed E-state index contributed by atoms with van der Waals surface area (Å²) in [6.45, 7) is 3.85. The molecule has 0 heterocycles. The molecule has 0 aromatic heterocycles. The zero-order valence-electron chi connectivity index (χ0n) is 9.24. The Hall–Kier alpha value is -1.30. The van der Waals surface area contributed by atoms with E-state index in [0.717, 1.165) is 0 Å². The molecule has 0 aliphatic rings. The average Bonchev–Trinajstić information content (AvgIpc) is 2.14. The minimum Gasteiger partial charge on any atom is -0.481 e. The van der Waals surface area contributed by atoms with E-state index in [4.69, 9.17) is 9.84 Å². The largest absolute Gasteiger partial charge is 0.481 e. The van der Waals surface area contributed by atoms with Crippen LogP contribution >= 0.6 is 0 Å². The third-order valence-electron chi connectivity index (χ3n) is 1.78. The second-order valence-corrected chi connectivity index (χ2v) is 3.45. The van der Waals surface area contributed by atoms with Crippen molar-refractivity contribution in [2.24, 2.45) is 5.92 Å². The van der Waals surface area contributed by atoms with E-state index < -0.39 is 11.9 Å². The minimum atomic E-state index is -0.930. The molecule has 0 spiro atoms. The maximum atomic E-state index is 11.2. The lowest BCUT2D eigenvalue weighted by molar-refractivity contribution is -0.140. The van der Waals surface area contributed by atoms with Crippen molar-refractivity contribution in [2.75, 3.05) is 20.3 Å². The monoisotopic (exact) mass is 218 g/mol. The van der Waals surface area contributed by atoms with Crippen LogP contribution in [0.5, 0.6) is 0 Å². The molecule has 2 amide bonds. The highest BCUT2D eigenvalue weighted by Gasteiger charge is 2.12. The number of urea groups is 1. The van der Waals surface area contributed by atoms with Crippen molar-refractivity contribution in [1.82, 2.24) is 10.6 Å². The summed E-state index contributed by atoms with van der Waals surface area (Å²) in [6.07, 6.45) is 0. The number of methoxy groups -OCH3 is 1. The van der Waals surface area contributed by atoms with Gasteiger partial charge in [0.2, 0.25) is 0 Å². The highest BCUT2D eigenvalue weighted by Crippen LogP contribution is 1.91. The molecule has 0 aromatic carbocycles. The Morgan fingerprint density at radius 2 is 2.00 bits per heavy atom. The fraction of sp³-hybridized carbons (Fsp3) is 0.778. The normalized spacial score (nSPS) is 14.1. The Kier molecular flexibility index (Phi) is 6.44. The quantitative estimate of drug-likeness (QED) is 0.587. The van der Waals surface area contributed by atoms with Crippen LogP contribution in [0.3, 0.4) is 0 Å². The average molecular weight is 218 g/mol. The summed E-state index contributed by atoms with van der Waals surface area (Å²) in [5.41, 5.74) is 0. The third kappa shape index (κ3) is 6.73. The first-order valence-corrected chi connectivity index (χ1v) is 4.73. The van der Waals surface area contributed by atoms with Crippen LogP contribution in [0.1, 0.15) is 13.8 Å². The molecule has 0 saturated carbocycles. The Balaban J connectivity index is 3.70. The second-order valence-electron chi connectivity index (χ2n) is 3.45. The second kappa shape index (κ2) is 7.05. The van der Waals surface area contributed by atoms with Gasteiger partial charge in [0.1, 0.15) is 0 Å². The first-order chi connectivity index (χ1) is 6.97. The van der Waals surface area contributed by atoms with Gasteiger partial charge in [0, 0.05) is 13.7 Å². The standard InChI is InChI=1S/C9H18N2O4/c1-6(8(12)13)4-10-9(14)11-7(2)5-15-3/h6-7H,4-5H2,1-3H3,(H,12,13)(H2,10,11,14). The van der Waals surface area contributed by atoms with Gasteiger partial charge in [-0.25, -0.2) is 4.79 Å². The van der Waals surface area contributed by atoms with Gasteiger partial charge in [0.25, 0.3) is 0 Å². The Morgan fingerprint density at radius 3 is 2.47 bits per heavy atom. The number of carboxylic acid groups (broad SMARTS) is 1. The number of carboxylic acids is 1. The van der Waals surface area contributed by atoms with Crippen molar-refractivity contribution in [2.45, 2.75) is 19.9 Å². The van der Waals surface area contributed by atoms with E-state index in [0.29, 0.717) is 6.61 Å². The Labute approximate surface area is 89.0 Å². The molecule has 0 rings (SSSR count). The Bertz CT molecular complexity index is 220. The molecule has 2 unspecified atom stereocenters. The van der Waals surface area contributed by atoms with Gasteiger partial charge in [0.15, 0.2) is 0 Å². The molecule has 0 saturated heterocycles. The predicted octanol–water partition coefficient (Wildman–Crippen LogP) is 0.0412. The number of rotatable bonds is 6. The molecule has 6 nitrogen and oxygen atoms in total. The van der Waals surface area contributed by atoms with Crippen LogP contribution in [-0.2, 0) is 9.53 Å². The van der Waals surface area contributed by atoms with Crippen LogP contribution in [0.25, 0.3) is 0 Å². The first-order valence-electron chi connectivity index (χ1n) is 4.73. The first kappa shape index (κ1) is 13.7. The van der Waals surface area contributed by atoms with Gasteiger partial charge in [-0.05, 0) is 6.92 Å². The van der Waals surface area contributed by atoms with Crippen LogP contribution in [0, 0.1) is 5.92 Å². The number of carbonyl (C=O) groups is 2. The summed E-state index contributed by atoms with van der Waals surface area (Å²) in [4.78, 5) is 21.6.